The lowest BCUT2D eigenvalue weighted by molar-refractivity contribution is -0.148. The van der Waals surface area contributed by atoms with E-state index in [0.29, 0.717) is 0 Å². The summed E-state index contributed by atoms with van der Waals surface area (Å²) in [5.41, 5.74) is 0. The second-order valence-electron chi connectivity index (χ2n) is 8.66. The number of rotatable bonds is 25. The first-order valence-electron chi connectivity index (χ1n) is 13.1. The minimum absolute atomic E-state index is 0.0401. The van der Waals surface area contributed by atoms with Gasteiger partial charge in [0.05, 0.1) is 0 Å². The molecule has 0 aliphatic rings. The predicted octanol–water partition coefficient (Wildman–Crippen LogP) is 9.62. The molecular weight excluding hydrogens is 471 g/mol. The van der Waals surface area contributed by atoms with E-state index < -0.39 is 0 Å². The molecule has 0 N–H and O–H groups in total. The first kappa shape index (κ1) is 29.7. The molecule has 176 valence electrons. The maximum absolute atomic E-state index is 6.12. The van der Waals surface area contributed by atoms with Gasteiger partial charge < -0.3 is 9.47 Å². The van der Waals surface area contributed by atoms with E-state index in [-0.39, 0.29) is 6.29 Å². The fraction of sp³-hybridized carbons (Fsp3) is 1.00. The third kappa shape index (κ3) is 24.8. The quantitative estimate of drug-likeness (QED) is 0.0512. The average Bonchev–Trinajstić information content (AvgIpc) is 2.73. The van der Waals surface area contributed by atoms with Gasteiger partial charge in [0, 0.05) is 13.2 Å². The van der Waals surface area contributed by atoms with Gasteiger partial charge in [-0.25, -0.2) is 0 Å². The van der Waals surface area contributed by atoms with Crippen LogP contribution >= 0.6 is 22.6 Å². The maximum atomic E-state index is 6.12. The lowest BCUT2D eigenvalue weighted by atomic mass is 10.1. The second-order valence-corrected chi connectivity index (χ2v) is 9.74. The van der Waals surface area contributed by atoms with Crippen LogP contribution in [0.3, 0.4) is 0 Å². The molecule has 0 spiro atoms. The molecule has 0 heterocycles. The minimum Gasteiger partial charge on any atom is -0.353 e. The van der Waals surface area contributed by atoms with Crippen LogP contribution in [-0.4, -0.2) is 23.9 Å². The third-order valence-corrected chi connectivity index (χ3v) is 6.44. The van der Waals surface area contributed by atoms with Crippen LogP contribution < -0.4 is 0 Å². The molecular formula is C26H53IO2. The number of hydrogen-bond acceptors (Lipinski definition) is 2. The van der Waals surface area contributed by atoms with Crippen LogP contribution in [0, 0.1) is 0 Å². The summed E-state index contributed by atoms with van der Waals surface area (Å²) < 4.78 is 13.5. The van der Waals surface area contributed by atoms with Crippen molar-refractivity contribution in [1.29, 1.82) is 0 Å². The molecule has 0 saturated heterocycles. The van der Waals surface area contributed by atoms with E-state index in [1.165, 1.54) is 126 Å². The maximum Gasteiger partial charge on any atom is 0.157 e. The summed E-state index contributed by atoms with van der Waals surface area (Å²) in [5, 5.41) is 0. The van der Waals surface area contributed by atoms with Gasteiger partial charge in [0.1, 0.15) is 0 Å². The Labute approximate surface area is 197 Å². The van der Waals surface area contributed by atoms with Gasteiger partial charge in [-0.3, -0.25) is 0 Å². The van der Waals surface area contributed by atoms with Crippen molar-refractivity contribution >= 4 is 22.6 Å². The molecule has 0 radical (unpaired) electrons. The number of halogens is 1. The molecule has 29 heavy (non-hydrogen) atoms. The number of alkyl halides is 1. The standard InChI is InChI=1S/C26H53IO2/c1-3-5-7-9-11-13-15-20-24-28-26(22-18-17-19-23-27)29-25-21-16-14-12-10-8-6-4-2/h26H,3-25H2,1-2H3. The van der Waals surface area contributed by atoms with Gasteiger partial charge in [-0.15, -0.1) is 0 Å². The van der Waals surface area contributed by atoms with Crippen LogP contribution in [0.15, 0.2) is 0 Å². The molecule has 2 nitrogen and oxygen atoms in total. The van der Waals surface area contributed by atoms with E-state index in [9.17, 15) is 0 Å². The molecule has 0 aromatic carbocycles. The predicted molar refractivity (Wildman–Crippen MR) is 138 cm³/mol. The SMILES string of the molecule is CCCCCCCCCCOC(CCCCCI)OCCCCCCCCCC. The summed E-state index contributed by atoms with van der Waals surface area (Å²) >= 11 is 2.47. The van der Waals surface area contributed by atoms with Crippen LogP contribution in [0.25, 0.3) is 0 Å². The highest BCUT2D eigenvalue weighted by Crippen LogP contribution is 2.14. The van der Waals surface area contributed by atoms with Crippen molar-refractivity contribution in [2.24, 2.45) is 0 Å². The molecule has 0 rings (SSSR count). The van der Waals surface area contributed by atoms with Gasteiger partial charge >= 0.3 is 0 Å². The number of unbranched alkanes of at least 4 members (excludes halogenated alkanes) is 16. The molecule has 0 aromatic rings. The van der Waals surface area contributed by atoms with Crippen molar-refractivity contribution in [3.63, 3.8) is 0 Å². The Balaban J connectivity index is 3.69. The average molecular weight is 525 g/mol. The summed E-state index contributed by atoms with van der Waals surface area (Å²) in [4.78, 5) is 0. The van der Waals surface area contributed by atoms with Crippen molar-refractivity contribution in [2.75, 3.05) is 17.6 Å². The van der Waals surface area contributed by atoms with E-state index in [4.69, 9.17) is 9.47 Å². The summed E-state index contributed by atoms with van der Waals surface area (Å²) in [5.74, 6) is 0. The molecule has 0 bridgehead atoms. The van der Waals surface area contributed by atoms with E-state index in [2.05, 4.69) is 36.4 Å². The lowest BCUT2D eigenvalue weighted by Gasteiger charge is -2.19. The monoisotopic (exact) mass is 524 g/mol. The van der Waals surface area contributed by atoms with E-state index >= 15 is 0 Å². The Kier molecular flexibility index (Phi) is 27.3. The highest BCUT2D eigenvalue weighted by Gasteiger charge is 2.09. The summed E-state index contributed by atoms with van der Waals surface area (Å²) in [6.45, 7) is 6.32. The molecule has 0 atom stereocenters. The first-order chi connectivity index (χ1) is 14.3. The van der Waals surface area contributed by atoms with E-state index in [0.717, 1.165) is 19.6 Å². The van der Waals surface area contributed by atoms with E-state index in [1.807, 2.05) is 0 Å². The minimum atomic E-state index is 0.0401. The first-order valence-corrected chi connectivity index (χ1v) is 14.7. The third-order valence-electron chi connectivity index (χ3n) is 5.68. The zero-order valence-corrected chi connectivity index (χ0v) is 22.2. The summed E-state index contributed by atoms with van der Waals surface area (Å²) in [6, 6.07) is 0. The van der Waals surface area contributed by atoms with Crippen molar-refractivity contribution in [2.45, 2.75) is 149 Å². The van der Waals surface area contributed by atoms with Crippen molar-refractivity contribution in [3.8, 4) is 0 Å². The molecule has 0 amide bonds. The lowest BCUT2D eigenvalue weighted by Crippen LogP contribution is -2.19. The largest absolute Gasteiger partial charge is 0.353 e. The zero-order chi connectivity index (χ0) is 21.3. The Morgan fingerprint density at radius 1 is 0.483 bits per heavy atom. The van der Waals surface area contributed by atoms with Crippen LogP contribution in [-0.2, 0) is 9.47 Å². The van der Waals surface area contributed by atoms with Gasteiger partial charge in [-0.1, -0.05) is 133 Å². The van der Waals surface area contributed by atoms with Crippen LogP contribution in [0.4, 0.5) is 0 Å². The van der Waals surface area contributed by atoms with Crippen molar-refractivity contribution in [1.82, 2.24) is 0 Å². The van der Waals surface area contributed by atoms with Gasteiger partial charge in [0.15, 0.2) is 6.29 Å². The summed E-state index contributed by atoms with van der Waals surface area (Å²) in [6.07, 6.45) is 26.7. The Bertz CT molecular complexity index is 264. The van der Waals surface area contributed by atoms with Crippen LogP contribution in [0.1, 0.15) is 142 Å². The Hall–Kier alpha value is 0.650. The van der Waals surface area contributed by atoms with E-state index in [1.54, 1.807) is 0 Å². The Morgan fingerprint density at radius 2 is 0.862 bits per heavy atom. The van der Waals surface area contributed by atoms with Gasteiger partial charge in [0.25, 0.3) is 0 Å². The van der Waals surface area contributed by atoms with Crippen LogP contribution in [0.2, 0.25) is 0 Å². The van der Waals surface area contributed by atoms with Crippen molar-refractivity contribution in [3.05, 3.63) is 0 Å². The normalized spacial score (nSPS) is 11.6. The molecule has 0 saturated carbocycles. The molecule has 0 fully saturated rings. The number of hydrogen-bond donors (Lipinski definition) is 0. The molecule has 0 aliphatic carbocycles. The van der Waals surface area contributed by atoms with Gasteiger partial charge in [0.2, 0.25) is 0 Å². The molecule has 3 heteroatoms. The second kappa shape index (κ2) is 26.7. The Morgan fingerprint density at radius 3 is 1.28 bits per heavy atom. The highest BCUT2D eigenvalue weighted by molar-refractivity contribution is 14.1. The molecule has 0 aromatic heterocycles. The fourth-order valence-electron chi connectivity index (χ4n) is 3.70. The highest BCUT2D eigenvalue weighted by atomic mass is 127. The number of ether oxygens (including phenoxy) is 2. The van der Waals surface area contributed by atoms with Gasteiger partial charge in [-0.2, -0.15) is 0 Å². The molecule has 0 unspecified atom stereocenters. The fourth-order valence-corrected chi connectivity index (χ4v) is 4.24. The van der Waals surface area contributed by atoms with Gasteiger partial charge in [-0.05, 0) is 36.5 Å². The topological polar surface area (TPSA) is 18.5 Å². The van der Waals surface area contributed by atoms with Crippen LogP contribution in [0.5, 0.6) is 0 Å². The van der Waals surface area contributed by atoms with Crippen molar-refractivity contribution < 1.29 is 9.47 Å². The smallest absolute Gasteiger partial charge is 0.157 e. The summed E-state index contributed by atoms with van der Waals surface area (Å²) in [7, 11) is 0. The zero-order valence-electron chi connectivity index (χ0n) is 20.0. The molecule has 0 aliphatic heterocycles.